The molecule has 0 aliphatic carbocycles. The van der Waals surface area contributed by atoms with Gasteiger partial charge in [0, 0.05) is 6.92 Å². The van der Waals surface area contributed by atoms with E-state index in [2.05, 4.69) is 26.8 Å². The van der Waals surface area contributed by atoms with Crippen LogP contribution in [0.5, 0.6) is 0 Å². The lowest BCUT2D eigenvalue weighted by Crippen LogP contribution is -3.12. The average molecular weight is 210 g/mol. The summed E-state index contributed by atoms with van der Waals surface area (Å²) in [5.74, 6) is 2.83. The third kappa shape index (κ3) is 2.15. The minimum Gasteiger partial charge on any atom is -0.445 e. The number of carbonyl (C=O) groups is 1. The lowest BCUT2D eigenvalue weighted by Gasteiger charge is -2.43. The molecule has 1 aliphatic heterocycles. The van der Waals surface area contributed by atoms with E-state index in [9.17, 15) is 4.79 Å². The zero-order valence-electron chi connectivity index (χ0n) is 9.96. The molecule has 1 rings (SSSR count). The van der Waals surface area contributed by atoms with Crippen LogP contribution in [0.25, 0.3) is 0 Å². The van der Waals surface area contributed by atoms with Gasteiger partial charge in [-0.3, -0.25) is 4.79 Å². The molecule has 0 unspecified atom stereocenters. The van der Waals surface area contributed by atoms with Gasteiger partial charge in [0.15, 0.2) is 5.60 Å². The van der Waals surface area contributed by atoms with Crippen LogP contribution >= 0.6 is 0 Å². The van der Waals surface area contributed by atoms with Crippen molar-refractivity contribution in [1.29, 1.82) is 0 Å². The maximum atomic E-state index is 11.1. The smallest absolute Gasteiger partial charge is 0.304 e. The van der Waals surface area contributed by atoms with E-state index in [1.807, 2.05) is 0 Å². The number of likely N-dealkylation sites (tertiary alicyclic amines) is 1. The number of ether oxygens (including phenoxy) is 1. The zero-order chi connectivity index (χ0) is 11.6. The molecule has 0 aromatic rings. The van der Waals surface area contributed by atoms with Crippen LogP contribution in [0.2, 0.25) is 0 Å². The Hall–Kier alpha value is -1.01. The molecule has 0 bridgehead atoms. The number of rotatable bonds is 1. The number of hydrogen-bond donors (Lipinski definition) is 1. The van der Waals surface area contributed by atoms with Crippen LogP contribution in [0, 0.1) is 24.2 Å². The Balaban J connectivity index is 2.95. The molecule has 3 nitrogen and oxygen atoms in total. The molecule has 1 aliphatic rings. The van der Waals surface area contributed by atoms with Crippen molar-refractivity contribution in [2.75, 3.05) is 20.1 Å². The Morgan fingerprint density at radius 2 is 1.93 bits per heavy atom. The second kappa shape index (κ2) is 4.24. The first-order chi connectivity index (χ1) is 6.92. The molecule has 0 aromatic carbocycles. The molecule has 84 valence electrons. The van der Waals surface area contributed by atoms with Crippen molar-refractivity contribution in [2.45, 2.75) is 26.4 Å². The van der Waals surface area contributed by atoms with E-state index in [4.69, 9.17) is 11.2 Å². The van der Waals surface area contributed by atoms with Crippen molar-refractivity contribution in [3.8, 4) is 12.3 Å². The summed E-state index contributed by atoms with van der Waals surface area (Å²) in [6.45, 7) is 7.43. The summed E-state index contributed by atoms with van der Waals surface area (Å²) in [6, 6.07) is 0. The highest BCUT2D eigenvalue weighted by Crippen LogP contribution is 2.31. The van der Waals surface area contributed by atoms with Gasteiger partial charge >= 0.3 is 5.97 Å². The van der Waals surface area contributed by atoms with E-state index in [0.29, 0.717) is 0 Å². The molecule has 0 spiro atoms. The summed E-state index contributed by atoms with van der Waals surface area (Å²) in [6.07, 6.45) is 5.58. The van der Waals surface area contributed by atoms with Crippen LogP contribution in [-0.4, -0.2) is 31.7 Å². The van der Waals surface area contributed by atoms with Crippen LogP contribution in [-0.2, 0) is 9.53 Å². The normalized spacial score (nSPS) is 40.6. The highest BCUT2D eigenvalue weighted by atomic mass is 16.6. The van der Waals surface area contributed by atoms with Crippen LogP contribution < -0.4 is 4.90 Å². The third-order valence-electron chi connectivity index (χ3n) is 3.31. The van der Waals surface area contributed by atoms with E-state index in [-0.39, 0.29) is 17.8 Å². The van der Waals surface area contributed by atoms with Gasteiger partial charge in [0.25, 0.3) is 0 Å². The van der Waals surface area contributed by atoms with Crippen molar-refractivity contribution >= 4 is 5.97 Å². The van der Waals surface area contributed by atoms with Gasteiger partial charge in [-0.25, -0.2) is 0 Å². The quantitative estimate of drug-likeness (QED) is 0.477. The maximum absolute atomic E-state index is 11.1. The zero-order valence-corrected chi connectivity index (χ0v) is 9.96. The summed E-state index contributed by atoms with van der Waals surface area (Å²) in [5, 5.41) is 0. The monoisotopic (exact) mass is 210 g/mol. The molecular weight excluding hydrogens is 190 g/mol. The van der Waals surface area contributed by atoms with Crippen LogP contribution in [0.1, 0.15) is 20.8 Å². The fourth-order valence-electron chi connectivity index (χ4n) is 2.67. The van der Waals surface area contributed by atoms with Crippen molar-refractivity contribution in [3.05, 3.63) is 0 Å². The molecule has 0 saturated carbocycles. The lowest BCUT2D eigenvalue weighted by atomic mass is 9.75. The van der Waals surface area contributed by atoms with Gasteiger partial charge in [0.2, 0.25) is 0 Å². The topological polar surface area (TPSA) is 30.7 Å². The average Bonchev–Trinajstić information content (AvgIpc) is 2.11. The van der Waals surface area contributed by atoms with E-state index in [1.54, 1.807) is 0 Å². The third-order valence-corrected chi connectivity index (χ3v) is 3.31. The number of esters is 1. The van der Waals surface area contributed by atoms with E-state index in [0.717, 1.165) is 13.1 Å². The first-order valence-corrected chi connectivity index (χ1v) is 5.41. The molecule has 0 aromatic heterocycles. The number of terminal acetylenes is 1. The summed E-state index contributed by atoms with van der Waals surface area (Å²) >= 11 is 0. The van der Waals surface area contributed by atoms with Gasteiger partial charge in [-0.2, -0.15) is 0 Å². The molecule has 1 N–H and O–H groups in total. The van der Waals surface area contributed by atoms with Gasteiger partial charge in [0.1, 0.15) is 0 Å². The summed E-state index contributed by atoms with van der Waals surface area (Å²) in [7, 11) is 2.14. The van der Waals surface area contributed by atoms with Crippen molar-refractivity contribution in [2.24, 2.45) is 11.8 Å². The number of quaternary nitrogens is 1. The Morgan fingerprint density at radius 1 is 1.47 bits per heavy atom. The molecule has 0 amide bonds. The van der Waals surface area contributed by atoms with Crippen LogP contribution in [0.3, 0.4) is 0 Å². The molecule has 3 heteroatoms. The van der Waals surface area contributed by atoms with E-state index >= 15 is 0 Å². The highest BCUT2D eigenvalue weighted by molar-refractivity contribution is 5.67. The van der Waals surface area contributed by atoms with E-state index < -0.39 is 5.60 Å². The number of nitrogens with one attached hydrogen (secondary N) is 1. The molecule has 1 fully saturated rings. The van der Waals surface area contributed by atoms with Crippen molar-refractivity contribution < 1.29 is 14.4 Å². The largest absolute Gasteiger partial charge is 0.445 e. The number of hydrogen-bond acceptors (Lipinski definition) is 2. The van der Waals surface area contributed by atoms with Crippen LogP contribution in [0.4, 0.5) is 0 Å². The predicted molar refractivity (Wildman–Crippen MR) is 58.3 cm³/mol. The molecular formula is C12H20NO2+. The predicted octanol–water partition coefficient (Wildman–Crippen LogP) is -0.278. The van der Waals surface area contributed by atoms with E-state index in [1.165, 1.54) is 11.8 Å². The Bertz CT molecular complexity index is 280. The molecule has 1 saturated heterocycles. The second-order valence-electron chi connectivity index (χ2n) is 4.70. The molecule has 2 atom stereocenters. The van der Waals surface area contributed by atoms with Gasteiger partial charge in [-0.05, 0) is 0 Å². The Labute approximate surface area is 91.8 Å². The second-order valence-corrected chi connectivity index (χ2v) is 4.70. The van der Waals surface area contributed by atoms with Crippen molar-refractivity contribution in [1.82, 2.24) is 0 Å². The Morgan fingerprint density at radius 3 is 2.27 bits per heavy atom. The fraction of sp³-hybridized carbons (Fsp3) is 0.750. The minimum absolute atomic E-state index is 0.204. The maximum Gasteiger partial charge on any atom is 0.304 e. The Kier molecular flexibility index (Phi) is 3.41. The fourth-order valence-corrected chi connectivity index (χ4v) is 2.67. The number of piperidine rings is 1. The molecule has 0 radical (unpaired) electrons. The first-order valence-electron chi connectivity index (χ1n) is 5.41. The SMILES string of the molecule is C#CC1(OC(C)=O)[C@H](C)C[NH+](C)C[C@H]1C. The highest BCUT2D eigenvalue weighted by Gasteiger charge is 2.49. The van der Waals surface area contributed by atoms with Gasteiger partial charge < -0.3 is 9.64 Å². The summed E-state index contributed by atoms with van der Waals surface area (Å²) < 4.78 is 5.41. The molecule has 15 heavy (non-hydrogen) atoms. The van der Waals surface area contributed by atoms with Crippen molar-refractivity contribution in [3.63, 3.8) is 0 Å². The van der Waals surface area contributed by atoms with Gasteiger partial charge in [-0.1, -0.05) is 19.8 Å². The first kappa shape index (κ1) is 12.1. The minimum atomic E-state index is -0.703. The number of carbonyl (C=O) groups excluding carboxylic acids is 1. The van der Waals surface area contributed by atoms with Gasteiger partial charge in [-0.15, -0.1) is 6.42 Å². The summed E-state index contributed by atoms with van der Waals surface area (Å²) in [5.41, 5.74) is -0.703. The van der Waals surface area contributed by atoms with Gasteiger partial charge in [0.05, 0.1) is 32.0 Å². The standard InChI is InChI=1S/C12H19NO2/c1-6-12(15-11(4)14)9(2)7-13(5)8-10(12)3/h1,9-10H,7-8H2,2-5H3/p+1/t9-,10-/m1/s1. The molecule has 1 heterocycles. The lowest BCUT2D eigenvalue weighted by molar-refractivity contribution is -0.895. The van der Waals surface area contributed by atoms with Crippen LogP contribution in [0.15, 0.2) is 0 Å². The summed E-state index contributed by atoms with van der Waals surface area (Å²) in [4.78, 5) is 12.6.